The lowest BCUT2D eigenvalue weighted by molar-refractivity contribution is 0.0696. The molecule has 0 saturated heterocycles. The second-order valence-electron chi connectivity index (χ2n) is 5.48. The maximum absolute atomic E-state index is 12.1. The van der Waals surface area contributed by atoms with E-state index >= 15 is 0 Å². The van der Waals surface area contributed by atoms with E-state index in [0.29, 0.717) is 17.1 Å². The molecule has 3 N–H and O–H groups in total. The number of carbonyl (C=O) groups is 1. The second-order valence-corrected chi connectivity index (χ2v) is 7.01. The predicted octanol–water partition coefficient (Wildman–Crippen LogP) is 3.01. The van der Waals surface area contributed by atoms with Gasteiger partial charge in [-0.25, -0.2) is 18.4 Å². The number of carboxylic acid groups (broad SMARTS) is 1. The van der Waals surface area contributed by atoms with Crippen LogP contribution in [0.5, 0.6) is 11.5 Å². The molecule has 0 fully saturated rings. The zero-order valence-corrected chi connectivity index (χ0v) is 14.3. The fourth-order valence-corrected chi connectivity index (χ4v) is 3.17. The summed E-state index contributed by atoms with van der Waals surface area (Å²) in [7, 11) is -4.23. The van der Waals surface area contributed by atoms with Crippen molar-refractivity contribution in [3.63, 3.8) is 0 Å². The lowest BCUT2D eigenvalue weighted by atomic mass is 10.1. The maximum Gasteiger partial charge on any atom is 0.335 e. The van der Waals surface area contributed by atoms with Crippen LogP contribution in [0.15, 0.2) is 70.2 Å². The number of nitrogens with two attached hydrogens (primary N) is 1. The molecule has 134 valence electrons. The molecule has 0 unspecified atom stereocenters. The van der Waals surface area contributed by atoms with Gasteiger partial charge in [0.05, 0.1) is 11.8 Å². The highest BCUT2D eigenvalue weighted by Gasteiger charge is 2.24. The first-order valence-corrected chi connectivity index (χ1v) is 9.07. The molecule has 1 aromatic heterocycles. The van der Waals surface area contributed by atoms with Crippen molar-refractivity contribution >= 4 is 16.0 Å². The molecular formula is C18H15NO6S. The zero-order chi connectivity index (χ0) is 18.7. The smallest absolute Gasteiger partial charge is 0.335 e. The van der Waals surface area contributed by atoms with E-state index < -0.39 is 20.9 Å². The standard InChI is InChI=1S/C18H15NO6S/c19-26(22,23)16-11-13(18(20)21)9-12(10-15-7-4-8-24-15)17(16)25-14-5-2-1-3-6-14/h1-9,11H,10H2,(H,20,21)(H2,19,22,23). The summed E-state index contributed by atoms with van der Waals surface area (Å²) in [6, 6.07) is 14.2. The number of hydrogen-bond acceptors (Lipinski definition) is 5. The van der Waals surface area contributed by atoms with Crippen LogP contribution in [-0.4, -0.2) is 19.5 Å². The minimum absolute atomic E-state index is 0.0277. The van der Waals surface area contributed by atoms with Crippen LogP contribution in [0.4, 0.5) is 0 Å². The molecule has 0 bridgehead atoms. The first-order chi connectivity index (χ1) is 12.3. The van der Waals surface area contributed by atoms with Gasteiger partial charge < -0.3 is 14.3 Å². The van der Waals surface area contributed by atoms with Crippen LogP contribution in [0.3, 0.4) is 0 Å². The summed E-state index contributed by atoms with van der Waals surface area (Å²) < 4.78 is 35.2. The number of primary sulfonamides is 1. The Balaban J connectivity index is 2.20. The fraction of sp³-hybridized carbons (Fsp3) is 0.0556. The third-order valence-electron chi connectivity index (χ3n) is 3.59. The van der Waals surface area contributed by atoms with Crippen LogP contribution >= 0.6 is 0 Å². The van der Waals surface area contributed by atoms with Crippen LogP contribution in [0, 0.1) is 0 Å². The van der Waals surface area contributed by atoms with Crippen molar-refractivity contribution in [2.24, 2.45) is 5.14 Å². The van der Waals surface area contributed by atoms with Crippen molar-refractivity contribution in [3.05, 3.63) is 77.7 Å². The number of carboxylic acids is 1. The van der Waals surface area contributed by atoms with Gasteiger partial charge in [0.1, 0.15) is 16.4 Å². The van der Waals surface area contributed by atoms with Gasteiger partial charge >= 0.3 is 5.97 Å². The van der Waals surface area contributed by atoms with Gasteiger partial charge in [-0.2, -0.15) is 0 Å². The zero-order valence-electron chi connectivity index (χ0n) is 13.5. The topological polar surface area (TPSA) is 120 Å². The van der Waals surface area contributed by atoms with Crippen molar-refractivity contribution in [3.8, 4) is 11.5 Å². The molecule has 0 aliphatic carbocycles. The molecule has 26 heavy (non-hydrogen) atoms. The van der Waals surface area contributed by atoms with Crippen LogP contribution < -0.4 is 9.88 Å². The Morgan fingerprint density at radius 1 is 1.12 bits per heavy atom. The molecule has 0 radical (unpaired) electrons. The summed E-state index contributed by atoms with van der Waals surface area (Å²) in [5, 5.41) is 14.6. The van der Waals surface area contributed by atoms with E-state index in [9.17, 15) is 18.3 Å². The summed E-state index contributed by atoms with van der Waals surface area (Å²) in [5.74, 6) is -0.394. The molecular weight excluding hydrogens is 358 g/mol. The number of rotatable bonds is 6. The molecule has 8 heteroatoms. The van der Waals surface area contributed by atoms with Crippen molar-refractivity contribution < 1.29 is 27.5 Å². The molecule has 3 rings (SSSR count). The van der Waals surface area contributed by atoms with Gasteiger partial charge in [0.2, 0.25) is 10.0 Å². The molecule has 1 heterocycles. The number of aromatic carboxylic acids is 1. The van der Waals surface area contributed by atoms with Gasteiger partial charge in [-0.1, -0.05) is 18.2 Å². The van der Waals surface area contributed by atoms with Crippen molar-refractivity contribution in [2.75, 3.05) is 0 Å². The first kappa shape index (κ1) is 17.7. The van der Waals surface area contributed by atoms with Gasteiger partial charge in [0.15, 0.2) is 5.75 Å². The van der Waals surface area contributed by atoms with Crippen LogP contribution in [0.2, 0.25) is 0 Å². The lowest BCUT2D eigenvalue weighted by Gasteiger charge is -2.15. The molecule has 0 amide bonds. The summed E-state index contributed by atoms with van der Waals surface area (Å²) in [5.41, 5.74) is 0.115. The Labute approximate surface area is 149 Å². The summed E-state index contributed by atoms with van der Waals surface area (Å²) in [6.07, 6.45) is 1.60. The Bertz CT molecular complexity index is 1030. The second kappa shape index (κ2) is 7.03. The lowest BCUT2D eigenvalue weighted by Crippen LogP contribution is -2.16. The van der Waals surface area contributed by atoms with Crippen LogP contribution in [0.1, 0.15) is 21.7 Å². The molecule has 2 aromatic carbocycles. The number of ether oxygens (including phenoxy) is 1. The molecule has 7 nitrogen and oxygen atoms in total. The van der Waals surface area contributed by atoms with E-state index in [-0.39, 0.29) is 17.7 Å². The monoisotopic (exact) mass is 373 g/mol. The van der Waals surface area contributed by atoms with Gasteiger partial charge in [-0.3, -0.25) is 0 Å². The SMILES string of the molecule is NS(=O)(=O)c1cc(C(=O)O)cc(Cc2ccco2)c1Oc1ccccc1. The fourth-order valence-electron chi connectivity index (χ4n) is 2.45. The highest BCUT2D eigenvalue weighted by molar-refractivity contribution is 7.89. The number of benzene rings is 2. The van der Waals surface area contributed by atoms with E-state index in [4.69, 9.17) is 14.3 Å². The summed E-state index contributed by atoms with van der Waals surface area (Å²) in [4.78, 5) is 11.0. The number of para-hydroxylation sites is 1. The Kier molecular flexibility index (Phi) is 4.79. The summed E-state index contributed by atoms with van der Waals surface area (Å²) >= 11 is 0. The molecule has 0 atom stereocenters. The quantitative estimate of drug-likeness (QED) is 0.685. The molecule has 0 spiro atoms. The van der Waals surface area contributed by atoms with E-state index in [1.165, 1.54) is 12.3 Å². The average Bonchev–Trinajstić information content (AvgIpc) is 3.09. The molecule has 0 aliphatic heterocycles. The van der Waals surface area contributed by atoms with Gasteiger partial charge in [0.25, 0.3) is 0 Å². The van der Waals surface area contributed by atoms with Crippen molar-refractivity contribution in [1.82, 2.24) is 0 Å². The van der Waals surface area contributed by atoms with Gasteiger partial charge in [0, 0.05) is 12.0 Å². The van der Waals surface area contributed by atoms with Gasteiger partial charge in [-0.05, 0) is 36.4 Å². The third-order valence-corrected chi connectivity index (χ3v) is 4.51. The predicted molar refractivity (Wildman–Crippen MR) is 92.8 cm³/mol. The van der Waals surface area contributed by atoms with E-state index in [0.717, 1.165) is 6.07 Å². The molecule has 0 aliphatic rings. The van der Waals surface area contributed by atoms with Gasteiger partial charge in [-0.15, -0.1) is 0 Å². The molecule has 3 aromatic rings. The van der Waals surface area contributed by atoms with Crippen LogP contribution in [-0.2, 0) is 16.4 Å². The van der Waals surface area contributed by atoms with E-state index in [1.54, 1.807) is 42.5 Å². The first-order valence-electron chi connectivity index (χ1n) is 7.53. The number of sulfonamides is 1. The minimum atomic E-state index is -4.23. The Morgan fingerprint density at radius 2 is 1.85 bits per heavy atom. The minimum Gasteiger partial charge on any atom is -0.478 e. The number of hydrogen-bond donors (Lipinski definition) is 2. The Morgan fingerprint density at radius 3 is 2.42 bits per heavy atom. The summed E-state index contributed by atoms with van der Waals surface area (Å²) in [6.45, 7) is 0. The van der Waals surface area contributed by atoms with E-state index in [1.807, 2.05) is 0 Å². The Hall–Kier alpha value is -3.10. The maximum atomic E-state index is 12.1. The molecule has 0 saturated carbocycles. The largest absolute Gasteiger partial charge is 0.478 e. The average molecular weight is 373 g/mol. The highest BCUT2D eigenvalue weighted by atomic mass is 32.2. The normalized spacial score (nSPS) is 11.3. The highest BCUT2D eigenvalue weighted by Crippen LogP contribution is 2.35. The number of furan rings is 1. The van der Waals surface area contributed by atoms with E-state index in [2.05, 4.69) is 0 Å². The van der Waals surface area contributed by atoms with Crippen LogP contribution in [0.25, 0.3) is 0 Å². The van der Waals surface area contributed by atoms with Crippen molar-refractivity contribution in [2.45, 2.75) is 11.3 Å². The third kappa shape index (κ3) is 3.93. The van der Waals surface area contributed by atoms with Crippen molar-refractivity contribution in [1.29, 1.82) is 0 Å².